The van der Waals surface area contributed by atoms with Crippen LogP contribution in [0, 0.1) is 13.8 Å². The van der Waals surface area contributed by atoms with Gasteiger partial charge in [-0.2, -0.15) is 5.10 Å². The Labute approximate surface area is 174 Å². The molecule has 3 aromatic rings. The van der Waals surface area contributed by atoms with E-state index in [9.17, 15) is 9.59 Å². The molecule has 2 aromatic carbocycles. The van der Waals surface area contributed by atoms with Crippen molar-refractivity contribution in [3.05, 3.63) is 82.1 Å². The maximum absolute atomic E-state index is 12.3. The fraction of sp³-hybridized carbons (Fsp3) is 0.227. The maximum atomic E-state index is 12.3. The molecule has 1 aromatic heterocycles. The molecule has 0 aliphatic carbocycles. The lowest BCUT2D eigenvalue weighted by Gasteiger charge is -2.17. The van der Waals surface area contributed by atoms with Gasteiger partial charge in [-0.1, -0.05) is 41.9 Å². The molecule has 6 nitrogen and oxygen atoms in total. The van der Waals surface area contributed by atoms with Crippen LogP contribution in [-0.2, 0) is 16.1 Å². The molecule has 0 saturated carbocycles. The van der Waals surface area contributed by atoms with Crippen molar-refractivity contribution in [3.63, 3.8) is 0 Å². The van der Waals surface area contributed by atoms with Gasteiger partial charge in [0, 0.05) is 13.6 Å². The Bertz CT molecular complexity index is 1010. The Balaban J connectivity index is 1.58. The molecule has 3 rings (SSSR count). The van der Waals surface area contributed by atoms with E-state index >= 15 is 0 Å². The highest BCUT2D eigenvalue weighted by atomic mass is 35.5. The number of carbonyl (C=O) groups excluding carboxylic acids is 2. The lowest BCUT2D eigenvalue weighted by Crippen LogP contribution is -2.30. The number of hydrogen-bond acceptors (Lipinski definition) is 4. The van der Waals surface area contributed by atoms with Gasteiger partial charge in [0.2, 0.25) is 0 Å². The number of nitrogens with zero attached hydrogens (tertiary/aromatic N) is 3. The Hall–Kier alpha value is -3.12. The smallest absolute Gasteiger partial charge is 0.338 e. The molecule has 1 heterocycles. The van der Waals surface area contributed by atoms with Gasteiger partial charge in [0.25, 0.3) is 5.91 Å². The van der Waals surface area contributed by atoms with Crippen LogP contribution in [-0.4, -0.2) is 40.2 Å². The van der Waals surface area contributed by atoms with Gasteiger partial charge in [-0.05, 0) is 43.7 Å². The summed E-state index contributed by atoms with van der Waals surface area (Å²) in [5.41, 5.74) is 3.72. The van der Waals surface area contributed by atoms with Crippen LogP contribution >= 0.6 is 11.6 Å². The summed E-state index contributed by atoms with van der Waals surface area (Å²) in [6, 6.07) is 16.4. The van der Waals surface area contributed by atoms with Crippen molar-refractivity contribution in [3.8, 4) is 5.69 Å². The third-order valence-electron chi connectivity index (χ3n) is 4.57. The van der Waals surface area contributed by atoms with Crippen LogP contribution in [0.25, 0.3) is 5.69 Å². The molecule has 29 heavy (non-hydrogen) atoms. The minimum absolute atomic E-state index is 0.267. The molecule has 0 unspecified atom stereocenters. The van der Waals surface area contributed by atoms with E-state index in [1.54, 1.807) is 36.0 Å². The van der Waals surface area contributed by atoms with E-state index in [1.807, 2.05) is 44.2 Å². The van der Waals surface area contributed by atoms with Crippen molar-refractivity contribution in [2.24, 2.45) is 0 Å². The van der Waals surface area contributed by atoms with Gasteiger partial charge >= 0.3 is 5.97 Å². The van der Waals surface area contributed by atoms with Gasteiger partial charge in [0.15, 0.2) is 6.61 Å². The number of ether oxygens (including phenoxy) is 1. The molecule has 0 bridgehead atoms. The summed E-state index contributed by atoms with van der Waals surface area (Å²) in [4.78, 5) is 26.0. The highest BCUT2D eigenvalue weighted by molar-refractivity contribution is 6.31. The molecule has 0 aliphatic heterocycles. The molecule has 1 amide bonds. The lowest BCUT2D eigenvalue weighted by atomic mass is 10.2. The number of likely N-dealkylation sites (N-methyl/N-ethyl adjacent to an activating group) is 1. The van der Waals surface area contributed by atoms with Gasteiger partial charge < -0.3 is 9.64 Å². The molecule has 0 spiro atoms. The number of benzene rings is 2. The van der Waals surface area contributed by atoms with Crippen molar-refractivity contribution in [1.82, 2.24) is 14.7 Å². The number of esters is 1. The van der Waals surface area contributed by atoms with Crippen LogP contribution in [0.5, 0.6) is 0 Å². The molecule has 0 saturated heterocycles. The quantitative estimate of drug-likeness (QED) is 0.576. The van der Waals surface area contributed by atoms with E-state index in [0.29, 0.717) is 17.1 Å². The fourth-order valence-electron chi connectivity index (χ4n) is 2.88. The van der Waals surface area contributed by atoms with Crippen LogP contribution in [0.4, 0.5) is 0 Å². The summed E-state index contributed by atoms with van der Waals surface area (Å²) in [6.45, 7) is 3.86. The molecule has 0 fully saturated rings. The molecular weight excluding hydrogens is 390 g/mol. The first-order chi connectivity index (χ1) is 13.9. The number of halogens is 1. The normalized spacial score (nSPS) is 10.6. The summed E-state index contributed by atoms with van der Waals surface area (Å²) in [7, 11) is 1.68. The number of rotatable bonds is 6. The molecule has 7 heteroatoms. The summed E-state index contributed by atoms with van der Waals surface area (Å²) >= 11 is 6.18. The lowest BCUT2D eigenvalue weighted by molar-refractivity contribution is -0.133. The molecule has 0 aliphatic rings. The fourth-order valence-corrected chi connectivity index (χ4v) is 3.00. The standard InChI is InChI=1S/C22H22ClN3O3/c1-15-21(23)16(2)26(24-15)19-11-9-18(10-12-19)22(28)29-14-20(27)25(3)13-17-7-5-4-6-8-17/h4-12H,13-14H2,1-3H3. The van der Waals surface area contributed by atoms with E-state index in [1.165, 1.54) is 4.90 Å². The van der Waals surface area contributed by atoms with Gasteiger partial charge in [-0.3, -0.25) is 4.79 Å². The Morgan fingerprint density at radius 3 is 2.31 bits per heavy atom. The van der Waals surface area contributed by atoms with Crippen molar-refractivity contribution < 1.29 is 14.3 Å². The van der Waals surface area contributed by atoms with Gasteiger partial charge in [0.1, 0.15) is 0 Å². The maximum Gasteiger partial charge on any atom is 0.338 e. The molecule has 0 N–H and O–H groups in total. The van der Waals surface area contributed by atoms with Crippen LogP contribution < -0.4 is 0 Å². The Morgan fingerprint density at radius 2 is 1.72 bits per heavy atom. The second-order valence-corrected chi connectivity index (χ2v) is 7.13. The summed E-state index contributed by atoms with van der Waals surface area (Å²) in [5.74, 6) is -0.819. The minimum Gasteiger partial charge on any atom is -0.452 e. The number of aromatic nitrogens is 2. The Morgan fingerprint density at radius 1 is 1.07 bits per heavy atom. The van der Waals surface area contributed by atoms with Crippen molar-refractivity contribution in [1.29, 1.82) is 0 Å². The molecule has 0 radical (unpaired) electrons. The second-order valence-electron chi connectivity index (χ2n) is 6.76. The predicted octanol–water partition coefficient (Wildman–Crippen LogP) is 3.96. The third kappa shape index (κ3) is 4.84. The van der Waals surface area contributed by atoms with E-state index in [0.717, 1.165) is 22.6 Å². The number of carbonyl (C=O) groups is 2. The molecular formula is C22H22ClN3O3. The largest absolute Gasteiger partial charge is 0.452 e. The second kappa shape index (κ2) is 8.92. The Kier molecular flexibility index (Phi) is 6.34. The topological polar surface area (TPSA) is 64.4 Å². The number of amides is 1. The molecule has 0 atom stereocenters. The number of hydrogen-bond donors (Lipinski definition) is 0. The van der Waals surface area contributed by atoms with Gasteiger partial charge in [-0.25, -0.2) is 9.48 Å². The van der Waals surface area contributed by atoms with E-state index in [4.69, 9.17) is 16.3 Å². The monoisotopic (exact) mass is 411 g/mol. The van der Waals surface area contributed by atoms with Crippen LogP contribution in [0.15, 0.2) is 54.6 Å². The first-order valence-corrected chi connectivity index (χ1v) is 9.52. The van der Waals surface area contributed by atoms with Crippen molar-refractivity contribution in [2.75, 3.05) is 13.7 Å². The zero-order chi connectivity index (χ0) is 21.0. The zero-order valence-electron chi connectivity index (χ0n) is 16.6. The van der Waals surface area contributed by atoms with E-state index in [-0.39, 0.29) is 12.5 Å². The third-order valence-corrected chi connectivity index (χ3v) is 5.11. The zero-order valence-corrected chi connectivity index (χ0v) is 17.3. The van der Waals surface area contributed by atoms with E-state index in [2.05, 4.69) is 5.10 Å². The van der Waals surface area contributed by atoms with Crippen molar-refractivity contribution in [2.45, 2.75) is 20.4 Å². The van der Waals surface area contributed by atoms with Crippen LogP contribution in [0.2, 0.25) is 5.02 Å². The molecule has 150 valence electrons. The van der Waals surface area contributed by atoms with Crippen LogP contribution in [0.1, 0.15) is 27.3 Å². The summed E-state index contributed by atoms with van der Waals surface area (Å²) < 4.78 is 6.88. The summed E-state index contributed by atoms with van der Waals surface area (Å²) in [5, 5.41) is 5.00. The SMILES string of the molecule is Cc1nn(-c2ccc(C(=O)OCC(=O)N(C)Cc3ccccc3)cc2)c(C)c1Cl. The minimum atomic E-state index is -0.551. The summed E-state index contributed by atoms with van der Waals surface area (Å²) in [6.07, 6.45) is 0. The van der Waals surface area contributed by atoms with Crippen LogP contribution in [0.3, 0.4) is 0 Å². The average molecular weight is 412 g/mol. The predicted molar refractivity (Wildman–Crippen MR) is 111 cm³/mol. The first-order valence-electron chi connectivity index (χ1n) is 9.14. The van der Waals surface area contributed by atoms with Gasteiger partial charge in [0.05, 0.1) is 27.7 Å². The number of aryl methyl sites for hydroxylation is 1. The average Bonchev–Trinajstić information content (AvgIpc) is 2.99. The van der Waals surface area contributed by atoms with Crippen molar-refractivity contribution >= 4 is 23.5 Å². The van der Waals surface area contributed by atoms with Gasteiger partial charge in [-0.15, -0.1) is 0 Å². The highest BCUT2D eigenvalue weighted by Gasteiger charge is 2.15. The van der Waals surface area contributed by atoms with E-state index < -0.39 is 5.97 Å². The highest BCUT2D eigenvalue weighted by Crippen LogP contribution is 2.22. The first kappa shape index (κ1) is 20.6.